The molecule has 0 aliphatic heterocycles. The first-order valence-corrected chi connectivity index (χ1v) is 15.6. The van der Waals surface area contributed by atoms with Crippen LogP contribution in [0.3, 0.4) is 0 Å². The molecular weight excluding hydrogens is 480 g/mol. The second-order valence-electron chi connectivity index (χ2n) is 13.6. The SMILES string of the molecule is CC1=CCCC(C)(C)[C@H]1/C=C/C(C)=C/CC/C(C)=C/C=C/C=C(C)/C=C/C=C(C)/C=C/C1=C(C)CCCC1(C)C. The summed E-state index contributed by atoms with van der Waals surface area (Å²) in [5, 5.41) is 0. The predicted octanol–water partition coefficient (Wildman–Crippen LogP) is 12.7. The van der Waals surface area contributed by atoms with Crippen LogP contribution in [0.2, 0.25) is 0 Å². The Kier molecular flexibility index (Phi) is 13.4. The van der Waals surface area contributed by atoms with E-state index in [1.54, 1.807) is 5.57 Å². The quantitative estimate of drug-likeness (QED) is 0.181. The first kappa shape index (κ1) is 33.6. The van der Waals surface area contributed by atoms with Crippen LogP contribution in [0.1, 0.15) is 114 Å². The lowest BCUT2D eigenvalue weighted by molar-refractivity contribution is 0.255. The number of rotatable bonds is 11. The van der Waals surface area contributed by atoms with Gasteiger partial charge in [0.2, 0.25) is 0 Å². The van der Waals surface area contributed by atoms with Crippen molar-refractivity contribution in [1.29, 1.82) is 0 Å². The Hall–Kier alpha value is -2.60. The molecule has 0 nitrogen and oxygen atoms in total. The molecule has 2 rings (SSSR count). The average molecular weight is 539 g/mol. The molecule has 40 heavy (non-hydrogen) atoms. The van der Waals surface area contributed by atoms with E-state index in [-0.39, 0.29) is 0 Å². The van der Waals surface area contributed by atoms with Crippen molar-refractivity contribution in [3.63, 3.8) is 0 Å². The van der Waals surface area contributed by atoms with Crippen LogP contribution in [0.25, 0.3) is 0 Å². The fourth-order valence-electron chi connectivity index (χ4n) is 6.02. The third-order valence-electron chi connectivity index (χ3n) is 8.77. The maximum atomic E-state index is 2.43. The van der Waals surface area contributed by atoms with Gasteiger partial charge in [-0.05, 0) is 103 Å². The third kappa shape index (κ3) is 11.5. The monoisotopic (exact) mass is 538 g/mol. The lowest BCUT2D eigenvalue weighted by atomic mass is 9.68. The normalized spacial score (nSPS) is 23.4. The van der Waals surface area contributed by atoms with Crippen molar-refractivity contribution in [2.45, 2.75) is 114 Å². The largest absolute Gasteiger partial charge is 0.0850 e. The molecule has 0 aromatic carbocycles. The number of hydrogen-bond acceptors (Lipinski definition) is 0. The first-order valence-electron chi connectivity index (χ1n) is 15.6. The minimum Gasteiger partial charge on any atom is -0.0850 e. The summed E-state index contributed by atoms with van der Waals surface area (Å²) >= 11 is 0. The predicted molar refractivity (Wildman–Crippen MR) is 181 cm³/mol. The summed E-state index contributed by atoms with van der Waals surface area (Å²) in [6, 6.07) is 0. The lowest BCUT2D eigenvalue weighted by Crippen LogP contribution is -2.26. The van der Waals surface area contributed by atoms with Gasteiger partial charge in [0, 0.05) is 5.92 Å². The second kappa shape index (κ2) is 16.0. The van der Waals surface area contributed by atoms with Gasteiger partial charge in [-0.25, -0.2) is 0 Å². The van der Waals surface area contributed by atoms with Crippen LogP contribution in [0.4, 0.5) is 0 Å². The van der Waals surface area contributed by atoms with Crippen LogP contribution in [-0.2, 0) is 0 Å². The van der Waals surface area contributed by atoms with Crippen LogP contribution in [0, 0.1) is 16.7 Å². The molecule has 218 valence electrons. The van der Waals surface area contributed by atoms with Gasteiger partial charge >= 0.3 is 0 Å². The summed E-state index contributed by atoms with van der Waals surface area (Å²) < 4.78 is 0. The standard InChI is InChI=1S/C40H58/c1-31(19-13-21-33(3)25-27-37-35(5)23-15-29-39(37,7)8)17-11-12-18-32(2)20-14-22-34(4)26-28-38-36(6)24-16-30-40(38,9)10/h11-13,17-19,21-22,24-28,38H,14-16,20,23,29-30H2,1-10H3/b12-11+,19-13+,27-25+,28-26+,31-17+,32-18+,33-21+,34-22+/t38-/m0/s1. The molecule has 0 heterocycles. The third-order valence-corrected chi connectivity index (χ3v) is 8.77. The van der Waals surface area contributed by atoms with E-state index in [0.29, 0.717) is 16.7 Å². The van der Waals surface area contributed by atoms with Gasteiger partial charge in [0.05, 0.1) is 0 Å². The molecule has 0 N–H and O–H groups in total. The average Bonchev–Trinajstić information content (AvgIpc) is 2.85. The van der Waals surface area contributed by atoms with Crippen LogP contribution < -0.4 is 0 Å². The van der Waals surface area contributed by atoms with Gasteiger partial charge in [-0.3, -0.25) is 0 Å². The van der Waals surface area contributed by atoms with E-state index < -0.39 is 0 Å². The van der Waals surface area contributed by atoms with Crippen molar-refractivity contribution in [2.24, 2.45) is 16.7 Å². The highest BCUT2D eigenvalue weighted by Crippen LogP contribution is 2.42. The van der Waals surface area contributed by atoms with Crippen molar-refractivity contribution in [3.05, 3.63) is 118 Å². The molecule has 0 fully saturated rings. The van der Waals surface area contributed by atoms with Crippen molar-refractivity contribution in [2.75, 3.05) is 0 Å². The Labute approximate surface area is 248 Å². The molecule has 0 saturated carbocycles. The van der Waals surface area contributed by atoms with Gasteiger partial charge in [0.25, 0.3) is 0 Å². The highest BCUT2D eigenvalue weighted by Gasteiger charge is 2.30. The Morgan fingerprint density at radius 3 is 2.20 bits per heavy atom. The van der Waals surface area contributed by atoms with Gasteiger partial charge in [-0.1, -0.05) is 140 Å². The maximum absolute atomic E-state index is 2.43. The fourth-order valence-corrected chi connectivity index (χ4v) is 6.02. The summed E-state index contributed by atoms with van der Waals surface area (Å²) in [6.45, 7) is 22.9. The molecule has 0 amide bonds. The number of hydrogen-bond donors (Lipinski definition) is 0. The van der Waals surface area contributed by atoms with E-state index in [2.05, 4.69) is 148 Å². The Balaban J connectivity index is 1.82. The number of allylic oxidation sites excluding steroid dienone is 20. The summed E-state index contributed by atoms with van der Waals surface area (Å²) in [6.07, 6.45) is 37.9. The highest BCUT2D eigenvalue weighted by molar-refractivity contribution is 5.37. The van der Waals surface area contributed by atoms with Crippen LogP contribution in [-0.4, -0.2) is 0 Å². The molecule has 0 radical (unpaired) electrons. The molecule has 1 atom stereocenters. The maximum Gasteiger partial charge on any atom is 0.00285 e. The lowest BCUT2D eigenvalue weighted by Gasteiger charge is -2.36. The molecule has 2 aliphatic rings. The van der Waals surface area contributed by atoms with Crippen LogP contribution in [0.15, 0.2) is 118 Å². The zero-order valence-electron chi connectivity index (χ0n) is 27.5. The van der Waals surface area contributed by atoms with Crippen molar-refractivity contribution in [3.8, 4) is 0 Å². The van der Waals surface area contributed by atoms with Crippen LogP contribution in [0.5, 0.6) is 0 Å². The first-order chi connectivity index (χ1) is 18.8. The summed E-state index contributed by atoms with van der Waals surface area (Å²) in [7, 11) is 0. The van der Waals surface area contributed by atoms with E-state index >= 15 is 0 Å². The summed E-state index contributed by atoms with van der Waals surface area (Å²) in [4.78, 5) is 0. The summed E-state index contributed by atoms with van der Waals surface area (Å²) in [5.41, 5.74) is 10.6. The van der Waals surface area contributed by atoms with E-state index in [1.165, 1.54) is 65.5 Å². The van der Waals surface area contributed by atoms with Crippen molar-refractivity contribution >= 4 is 0 Å². The van der Waals surface area contributed by atoms with Gasteiger partial charge < -0.3 is 0 Å². The van der Waals surface area contributed by atoms with Crippen molar-refractivity contribution < 1.29 is 0 Å². The Morgan fingerprint density at radius 1 is 0.825 bits per heavy atom. The molecule has 0 spiro atoms. The minimum atomic E-state index is 0.295. The molecule has 2 aliphatic carbocycles. The van der Waals surface area contributed by atoms with Gasteiger partial charge in [-0.2, -0.15) is 0 Å². The van der Waals surface area contributed by atoms with Crippen LogP contribution >= 0.6 is 0 Å². The zero-order valence-corrected chi connectivity index (χ0v) is 27.5. The fraction of sp³-hybridized carbons (Fsp3) is 0.500. The minimum absolute atomic E-state index is 0.295. The molecule has 0 heteroatoms. The van der Waals surface area contributed by atoms with E-state index in [1.807, 2.05) is 0 Å². The molecular formula is C40H58. The molecule has 0 saturated heterocycles. The van der Waals surface area contributed by atoms with E-state index in [0.717, 1.165) is 12.8 Å². The van der Waals surface area contributed by atoms with Gasteiger partial charge in [-0.15, -0.1) is 0 Å². The zero-order chi connectivity index (χ0) is 29.8. The van der Waals surface area contributed by atoms with Gasteiger partial charge in [0.1, 0.15) is 0 Å². The Morgan fingerprint density at radius 2 is 1.50 bits per heavy atom. The molecule has 0 bridgehead atoms. The Bertz CT molecular complexity index is 1150. The summed E-state index contributed by atoms with van der Waals surface area (Å²) in [5.74, 6) is 0.556. The van der Waals surface area contributed by atoms with E-state index in [9.17, 15) is 0 Å². The van der Waals surface area contributed by atoms with Gasteiger partial charge in [0.15, 0.2) is 0 Å². The molecule has 0 unspecified atom stereocenters. The molecule has 0 aromatic heterocycles. The second-order valence-corrected chi connectivity index (χ2v) is 13.6. The molecule has 0 aromatic rings. The smallest absolute Gasteiger partial charge is 0.00285 e. The van der Waals surface area contributed by atoms with Crippen molar-refractivity contribution in [1.82, 2.24) is 0 Å². The van der Waals surface area contributed by atoms with E-state index in [4.69, 9.17) is 0 Å². The topological polar surface area (TPSA) is 0 Å². The highest BCUT2D eigenvalue weighted by atomic mass is 14.3.